The van der Waals surface area contributed by atoms with E-state index in [0.29, 0.717) is 16.4 Å². The Morgan fingerprint density at radius 1 is 1.36 bits per heavy atom. The minimum atomic E-state index is -4.65. The molecule has 0 unspecified atom stereocenters. The summed E-state index contributed by atoms with van der Waals surface area (Å²) in [4.78, 5) is 4.14. The molecule has 3 aromatic rings. The van der Waals surface area contributed by atoms with E-state index in [9.17, 15) is 13.2 Å². The fourth-order valence-electron chi connectivity index (χ4n) is 1.51. The molecule has 0 saturated carbocycles. The molecular weight excluding hydrogens is 341 g/mol. The molecule has 3 rings (SSSR count). The number of rotatable bonds is 4. The molecule has 0 bridgehead atoms. The van der Waals surface area contributed by atoms with Gasteiger partial charge in [-0.15, -0.1) is 10.2 Å². The van der Waals surface area contributed by atoms with E-state index in [1.807, 2.05) is 16.8 Å². The summed E-state index contributed by atoms with van der Waals surface area (Å²) in [6.45, 7) is 0. The van der Waals surface area contributed by atoms with Gasteiger partial charge in [0.15, 0.2) is 5.82 Å². The molecule has 0 saturated heterocycles. The molecule has 0 aliphatic rings. The standard InChI is InChI=1S/C10H7F3N6OS2/c11-10(12,13)8-16-17-9(19(8)14)22-4-6-15-7(20-18-6)5-1-2-21-3-5/h1-3H,4,14H2. The zero-order valence-electron chi connectivity index (χ0n) is 10.6. The average molecular weight is 348 g/mol. The molecule has 0 aromatic carbocycles. The number of halogens is 3. The fraction of sp³-hybridized carbons (Fsp3) is 0.200. The number of thiophene rings is 1. The first kappa shape index (κ1) is 14.8. The van der Waals surface area contributed by atoms with E-state index in [1.165, 1.54) is 11.3 Å². The van der Waals surface area contributed by atoms with Gasteiger partial charge >= 0.3 is 6.18 Å². The van der Waals surface area contributed by atoms with Crippen LogP contribution in [0.3, 0.4) is 0 Å². The molecule has 3 aromatic heterocycles. The first-order chi connectivity index (χ1) is 10.4. The second kappa shape index (κ2) is 5.61. The van der Waals surface area contributed by atoms with Crippen LogP contribution in [0.2, 0.25) is 0 Å². The smallest absolute Gasteiger partial charge is 0.335 e. The molecule has 0 aliphatic carbocycles. The zero-order valence-corrected chi connectivity index (χ0v) is 12.2. The quantitative estimate of drug-likeness (QED) is 0.571. The van der Waals surface area contributed by atoms with Crippen LogP contribution < -0.4 is 5.84 Å². The Morgan fingerprint density at radius 2 is 2.18 bits per heavy atom. The van der Waals surface area contributed by atoms with E-state index in [-0.39, 0.29) is 10.9 Å². The molecule has 7 nitrogen and oxygen atoms in total. The molecule has 116 valence electrons. The average Bonchev–Trinajstić information content (AvgIpc) is 3.16. The molecule has 0 atom stereocenters. The molecule has 0 amide bonds. The van der Waals surface area contributed by atoms with Crippen molar-refractivity contribution in [2.75, 3.05) is 5.84 Å². The fourth-order valence-corrected chi connectivity index (χ4v) is 2.84. The van der Waals surface area contributed by atoms with E-state index in [0.717, 1.165) is 17.3 Å². The number of alkyl halides is 3. The van der Waals surface area contributed by atoms with Gasteiger partial charge in [-0.2, -0.15) is 29.5 Å². The normalized spacial score (nSPS) is 12.0. The molecule has 2 N–H and O–H groups in total. The molecule has 0 fully saturated rings. The van der Waals surface area contributed by atoms with Gasteiger partial charge in [-0.3, -0.25) is 0 Å². The lowest BCUT2D eigenvalue weighted by Crippen LogP contribution is -2.21. The van der Waals surface area contributed by atoms with Gasteiger partial charge in [-0.1, -0.05) is 16.9 Å². The topological polar surface area (TPSA) is 95.7 Å². The lowest BCUT2D eigenvalue weighted by atomic mass is 10.3. The van der Waals surface area contributed by atoms with Crippen LogP contribution in [0.4, 0.5) is 13.2 Å². The van der Waals surface area contributed by atoms with Crippen molar-refractivity contribution in [3.63, 3.8) is 0 Å². The van der Waals surface area contributed by atoms with Crippen LogP contribution in [-0.4, -0.2) is 25.0 Å². The van der Waals surface area contributed by atoms with Crippen molar-refractivity contribution in [1.82, 2.24) is 25.0 Å². The van der Waals surface area contributed by atoms with Crippen LogP contribution in [-0.2, 0) is 11.9 Å². The summed E-state index contributed by atoms with van der Waals surface area (Å²) in [7, 11) is 0. The Morgan fingerprint density at radius 3 is 2.82 bits per heavy atom. The van der Waals surface area contributed by atoms with Gasteiger partial charge in [0.05, 0.1) is 11.3 Å². The van der Waals surface area contributed by atoms with Gasteiger partial charge < -0.3 is 10.4 Å². The second-order valence-electron chi connectivity index (χ2n) is 3.99. The largest absolute Gasteiger partial charge is 0.453 e. The van der Waals surface area contributed by atoms with Crippen LogP contribution in [0.5, 0.6) is 0 Å². The monoisotopic (exact) mass is 348 g/mol. The minimum Gasteiger partial charge on any atom is -0.335 e. The Balaban J connectivity index is 1.70. The summed E-state index contributed by atoms with van der Waals surface area (Å²) in [5.41, 5.74) is 0.787. The Bertz CT molecular complexity index is 766. The number of aromatic nitrogens is 5. The summed E-state index contributed by atoms with van der Waals surface area (Å²) < 4.78 is 43.1. The third kappa shape index (κ3) is 2.92. The zero-order chi connectivity index (χ0) is 15.7. The Hall–Kier alpha value is -2.08. The number of nitrogen functional groups attached to an aromatic ring is 1. The van der Waals surface area contributed by atoms with Gasteiger partial charge in [0.25, 0.3) is 11.7 Å². The van der Waals surface area contributed by atoms with Gasteiger partial charge in [0.2, 0.25) is 5.16 Å². The number of nitrogens with two attached hydrogens (primary N) is 1. The van der Waals surface area contributed by atoms with Gasteiger partial charge in [-0.25, -0.2) is 4.68 Å². The lowest BCUT2D eigenvalue weighted by Gasteiger charge is -2.05. The first-order valence-electron chi connectivity index (χ1n) is 5.71. The van der Waals surface area contributed by atoms with Gasteiger partial charge in [-0.05, 0) is 11.4 Å². The van der Waals surface area contributed by atoms with Crippen molar-refractivity contribution in [2.45, 2.75) is 17.1 Å². The third-order valence-electron chi connectivity index (χ3n) is 2.48. The number of nitrogens with zero attached hydrogens (tertiary/aromatic N) is 5. The Kier molecular flexibility index (Phi) is 3.78. The number of hydrogen-bond donors (Lipinski definition) is 1. The SMILES string of the molecule is Nn1c(SCc2noc(-c3ccsc3)n2)nnc1C(F)(F)F. The summed E-state index contributed by atoms with van der Waals surface area (Å²) in [6.07, 6.45) is -4.65. The highest BCUT2D eigenvalue weighted by Crippen LogP contribution is 2.29. The molecule has 0 spiro atoms. The predicted octanol–water partition coefficient (Wildman–Crippen LogP) is 2.41. The van der Waals surface area contributed by atoms with E-state index in [2.05, 4.69) is 20.3 Å². The van der Waals surface area contributed by atoms with Crippen molar-refractivity contribution in [3.8, 4) is 11.5 Å². The number of hydrogen-bond acceptors (Lipinski definition) is 8. The molecule has 3 heterocycles. The highest BCUT2D eigenvalue weighted by molar-refractivity contribution is 7.98. The summed E-state index contributed by atoms with van der Waals surface area (Å²) in [5, 5.41) is 13.8. The van der Waals surface area contributed by atoms with E-state index in [4.69, 9.17) is 10.4 Å². The predicted molar refractivity (Wildman–Crippen MR) is 72.3 cm³/mol. The maximum absolute atomic E-state index is 12.5. The van der Waals surface area contributed by atoms with Crippen LogP contribution in [0.25, 0.3) is 11.5 Å². The molecule has 0 radical (unpaired) electrons. The first-order valence-corrected chi connectivity index (χ1v) is 7.63. The summed E-state index contributed by atoms with van der Waals surface area (Å²) in [6, 6.07) is 1.82. The van der Waals surface area contributed by atoms with Crippen LogP contribution in [0.15, 0.2) is 26.5 Å². The lowest BCUT2D eigenvalue weighted by molar-refractivity contribution is -0.146. The molecular formula is C10H7F3N6OS2. The molecule has 22 heavy (non-hydrogen) atoms. The maximum Gasteiger partial charge on any atom is 0.453 e. The summed E-state index contributed by atoms with van der Waals surface area (Å²) in [5.74, 6) is 4.89. The van der Waals surface area contributed by atoms with Crippen LogP contribution >= 0.6 is 23.1 Å². The van der Waals surface area contributed by atoms with E-state index < -0.39 is 12.0 Å². The minimum absolute atomic E-state index is 0.0887. The molecule has 12 heteroatoms. The maximum atomic E-state index is 12.5. The Labute approximate surface area is 129 Å². The van der Waals surface area contributed by atoms with Crippen molar-refractivity contribution >= 4 is 23.1 Å². The van der Waals surface area contributed by atoms with E-state index >= 15 is 0 Å². The third-order valence-corrected chi connectivity index (χ3v) is 4.11. The van der Waals surface area contributed by atoms with Crippen molar-refractivity contribution in [3.05, 3.63) is 28.5 Å². The number of thioether (sulfide) groups is 1. The molecule has 0 aliphatic heterocycles. The van der Waals surface area contributed by atoms with Crippen molar-refractivity contribution < 1.29 is 17.7 Å². The van der Waals surface area contributed by atoms with Crippen LogP contribution in [0.1, 0.15) is 11.6 Å². The van der Waals surface area contributed by atoms with Crippen molar-refractivity contribution in [2.24, 2.45) is 0 Å². The second-order valence-corrected chi connectivity index (χ2v) is 5.71. The van der Waals surface area contributed by atoms with Crippen LogP contribution in [0, 0.1) is 0 Å². The van der Waals surface area contributed by atoms with Gasteiger partial charge in [0.1, 0.15) is 0 Å². The highest BCUT2D eigenvalue weighted by Gasteiger charge is 2.38. The highest BCUT2D eigenvalue weighted by atomic mass is 32.2. The van der Waals surface area contributed by atoms with Crippen molar-refractivity contribution in [1.29, 1.82) is 0 Å². The van der Waals surface area contributed by atoms with E-state index in [1.54, 1.807) is 0 Å². The summed E-state index contributed by atoms with van der Waals surface area (Å²) >= 11 is 2.41. The van der Waals surface area contributed by atoms with Gasteiger partial charge in [0, 0.05) is 5.38 Å².